The zero-order chi connectivity index (χ0) is 12.4. The second-order valence-electron chi connectivity index (χ2n) is 3.81. The highest BCUT2D eigenvalue weighted by Gasteiger charge is 2.12. The number of methoxy groups -OCH3 is 1. The molecule has 0 fully saturated rings. The van der Waals surface area contributed by atoms with Gasteiger partial charge in [0, 0.05) is 5.56 Å². The minimum Gasteiger partial charge on any atom is -0.480 e. The number of hydrogen-bond donors (Lipinski definition) is 0. The van der Waals surface area contributed by atoms with Crippen molar-refractivity contribution in [1.29, 1.82) is 0 Å². The summed E-state index contributed by atoms with van der Waals surface area (Å²) in [6.45, 7) is 3.91. The zero-order valence-corrected chi connectivity index (χ0v) is 11.6. The molecule has 0 saturated carbocycles. The highest BCUT2D eigenvalue weighted by molar-refractivity contribution is 9.10. The van der Waals surface area contributed by atoms with Crippen molar-refractivity contribution in [2.45, 2.75) is 13.8 Å². The Kier molecular flexibility index (Phi) is 3.43. The summed E-state index contributed by atoms with van der Waals surface area (Å²) in [4.78, 5) is 8.66. The summed E-state index contributed by atoms with van der Waals surface area (Å²) in [7, 11) is 1.60. The van der Waals surface area contributed by atoms with Crippen molar-refractivity contribution in [3.8, 4) is 17.1 Å². The van der Waals surface area contributed by atoms with Crippen LogP contribution in [-0.2, 0) is 0 Å². The molecule has 2 aromatic rings. The fraction of sp³-hybridized carbons (Fsp3) is 0.231. The third kappa shape index (κ3) is 2.47. The topological polar surface area (TPSA) is 35.0 Å². The summed E-state index contributed by atoms with van der Waals surface area (Å²) in [6.07, 6.45) is 0. The molecule has 0 N–H and O–H groups in total. The van der Waals surface area contributed by atoms with Gasteiger partial charge in [-0.1, -0.05) is 29.8 Å². The van der Waals surface area contributed by atoms with E-state index < -0.39 is 0 Å². The van der Waals surface area contributed by atoms with Crippen molar-refractivity contribution < 1.29 is 4.74 Å². The molecule has 17 heavy (non-hydrogen) atoms. The number of nitrogens with zero attached hydrogens (tertiary/aromatic N) is 2. The van der Waals surface area contributed by atoms with Crippen LogP contribution in [0.3, 0.4) is 0 Å². The predicted octanol–water partition coefficient (Wildman–Crippen LogP) is 3.53. The molecule has 0 spiro atoms. The lowest BCUT2D eigenvalue weighted by molar-refractivity contribution is 0.393. The molecule has 4 heteroatoms. The van der Waals surface area contributed by atoms with Gasteiger partial charge in [-0.05, 0) is 29.8 Å². The molecule has 0 radical (unpaired) electrons. The number of benzene rings is 1. The summed E-state index contributed by atoms with van der Waals surface area (Å²) < 4.78 is 6.00. The minimum atomic E-state index is 0.563. The van der Waals surface area contributed by atoms with Gasteiger partial charge in [0.1, 0.15) is 10.3 Å². The molecule has 0 atom stereocenters. The van der Waals surface area contributed by atoms with Gasteiger partial charge in [0.25, 0.3) is 0 Å². The van der Waals surface area contributed by atoms with Gasteiger partial charge < -0.3 is 4.74 Å². The number of aromatic nitrogens is 2. The Morgan fingerprint density at radius 1 is 1.06 bits per heavy atom. The Hall–Kier alpha value is -1.42. The maximum Gasteiger partial charge on any atom is 0.231 e. The van der Waals surface area contributed by atoms with Crippen LogP contribution in [-0.4, -0.2) is 17.1 Å². The van der Waals surface area contributed by atoms with Crippen LogP contribution in [0.1, 0.15) is 11.4 Å². The van der Waals surface area contributed by atoms with Crippen LogP contribution >= 0.6 is 15.9 Å². The van der Waals surface area contributed by atoms with E-state index in [1.165, 1.54) is 5.56 Å². The summed E-state index contributed by atoms with van der Waals surface area (Å²) >= 11 is 3.48. The summed E-state index contributed by atoms with van der Waals surface area (Å²) in [5, 5.41) is 0. The van der Waals surface area contributed by atoms with E-state index in [-0.39, 0.29) is 0 Å². The van der Waals surface area contributed by atoms with Crippen molar-refractivity contribution in [3.63, 3.8) is 0 Å². The minimum absolute atomic E-state index is 0.563. The number of aryl methyl sites for hydroxylation is 2. The second-order valence-corrected chi connectivity index (χ2v) is 4.60. The molecule has 1 aromatic heterocycles. The number of halogens is 1. The molecule has 2 rings (SSSR count). The number of ether oxygens (including phenoxy) is 1. The first-order valence-electron chi connectivity index (χ1n) is 5.27. The van der Waals surface area contributed by atoms with Gasteiger partial charge in [-0.15, -0.1) is 0 Å². The Morgan fingerprint density at radius 3 is 2.29 bits per heavy atom. The van der Waals surface area contributed by atoms with Gasteiger partial charge in [0.2, 0.25) is 5.88 Å². The van der Waals surface area contributed by atoms with E-state index in [1.807, 2.05) is 19.1 Å². The van der Waals surface area contributed by atoms with E-state index in [0.29, 0.717) is 11.7 Å². The van der Waals surface area contributed by atoms with E-state index in [2.05, 4.69) is 45.0 Å². The van der Waals surface area contributed by atoms with Gasteiger partial charge in [0.15, 0.2) is 0 Å². The predicted molar refractivity (Wildman–Crippen MR) is 71.2 cm³/mol. The van der Waals surface area contributed by atoms with Crippen molar-refractivity contribution >= 4 is 15.9 Å². The monoisotopic (exact) mass is 292 g/mol. The SMILES string of the molecule is COc1nc(C)nc(-c2ccc(C)cc2)c1Br. The van der Waals surface area contributed by atoms with E-state index in [1.54, 1.807) is 7.11 Å². The lowest BCUT2D eigenvalue weighted by atomic mass is 10.1. The summed E-state index contributed by atoms with van der Waals surface area (Å²) in [5.41, 5.74) is 3.13. The fourth-order valence-corrected chi connectivity index (χ4v) is 2.14. The highest BCUT2D eigenvalue weighted by Crippen LogP contribution is 2.32. The largest absolute Gasteiger partial charge is 0.480 e. The van der Waals surface area contributed by atoms with Crippen LogP contribution in [0.25, 0.3) is 11.3 Å². The normalized spacial score (nSPS) is 10.4. The van der Waals surface area contributed by atoms with Gasteiger partial charge in [-0.3, -0.25) is 0 Å². The molecule has 3 nitrogen and oxygen atoms in total. The first kappa shape index (κ1) is 12.0. The Balaban J connectivity index is 2.58. The van der Waals surface area contributed by atoms with E-state index in [9.17, 15) is 0 Å². The number of rotatable bonds is 2. The molecule has 0 aliphatic heterocycles. The average Bonchev–Trinajstić information content (AvgIpc) is 2.33. The molecule has 0 aliphatic rings. The molecule has 88 valence electrons. The Bertz CT molecular complexity index is 538. The molecular weight excluding hydrogens is 280 g/mol. The number of hydrogen-bond acceptors (Lipinski definition) is 3. The van der Waals surface area contributed by atoms with Crippen LogP contribution in [0.15, 0.2) is 28.7 Å². The van der Waals surface area contributed by atoms with E-state index >= 15 is 0 Å². The summed E-state index contributed by atoms with van der Waals surface area (Å²) in [6, 6.07) is 8.21. The maximum atomic E-state index is 5.21. The van der Waals surface area contributed by atoms with Gasteiger partial charge in [-0.25, -0.2) is 4.98 Å². The lowest BCUT2D eigenvalue weighted by Gasteiger charge is -2.09. The first-order valence-corrected chi connectivity index (χ1v) is 6.06. The zero-order valence-electron chi connectivity index (χ0n) is 9.99. The van der Waals surface area contributed by atoms with Crippen molar-refractivity contribution in [3.05, 3.63) is 40.1 Å². The highest BCUT2D eigenvalue weighted by atomic mass is 79.9. The third-order valence-electron chi connectivity index (χ3n) is 2.45. The molecule has 0 amide bonds. The van der Waals surface area contributed by atoms with Crippen molar-refractivity contribution in [1.82, 2.24) is 9.97 Å². The molecule has 1 aromatic carbocycles. The molecule has 0 aliphatic carbocycles. The van der Waals surface area contributed by atoms with Crippen LogP contribution in [0.4, 0.5) is 0 Å². The van der Waals surface area contributed by atoms with Crippen LogP contribution in [0.2, 0.25) is 0 Å². The van der Waals surface area contributed by atoms with Crippen LogP contribution < -0.4 is 4.74 Å². The van der Waals surface area contributed by atoms with E-state index in [4.69, 9.17) is 4.74 Å². The fourth-order valence-electron chi connectivity index (χ4n) is 1.57. The van der Waals surface area contributed by atoms with Crippen molar-refractivity contribution in [2.24, 2.45) is 0 Å². The molecule has 0 unspecified atom stereocenters. The lowest BCUT2D eigenvalue weighted by Crippen LogP contribution is -1.98. The van der Waals surface area contributed by atoms with Crippen LogP contribution in [0, 0.1) is 13.8 Å². The molecule has 0 bridgehead atoms. The second kappa shape index (κ2) is 4.84. The third-order valence-corrected chi connectivity index (χ3v) is 3.17. The quantitative estimate of drug-likeness (QED) is 0.849. The van der Waals surface area contributed by atoms with Gasteiger partial charge in [-0.2, -0.15) is 4.98 Å². The molecular formula is C13H13BrN2O. The molecule has 1 heterocycles. The standard InChI is InChI=1S/C13H13BrN2O/c1-8-4-6-10(7-5-8)12-11(14)13(17-3)16-9(2)15-12/h4-7H,1-3H3. The molecule has 0 saturated heterocycles. The first-order chi connectivity index (χ1) is 8.11. The van der Waals surface area contributed by atoms with Crippen molar-refractivity contribution in [2.75, 3.05) is 7.11 Å². The van der Waals surface area contributed by atoms with Gasteiger partial charge >= 0.3 is 0 Å². The summed E-state index contributed by atoms with van der Waals surface area (Å²) in [5.74, 6) is 1.26. The smallest absolute Gasteiger partial charge is 0.231 e. The average molecular weight is 293 g/mol. The Morgan fingerprint density at radius 2 is 1.71 bits per heavy atom. The Labute approximate surface area is 109 Å². The van der Waals surface area contributed by atoms with Crippen LogP contribution in [0.5, 0.6) is 5.88 Å². The van der Waals surface area contributed by atoms with E-state index in [0.717, 1.165) is 15.7 Å². The maximum absolute atomic E-state index is 5.21. The van der Waals surface area contributed by atoms with Gasteiger partial charge in [0.05, 0.1) is 12.8 Å².